The second kappa shape index (κ2) is 9.58. The molecule has 1 heterocycles. The van der Waals surface area contributed by atoms with E-state index in [2.05, 4.69) is 9.98 Å². The molecular formula is C19H24N2O7. The molecule has 2 aromatic rings. The molecule has 1 aromatic heterocycles. The minimum Gasteiger partial charge on any atom is -0.464 e. The monoisotopic (exact) mass is 392 g/mol. The zero-order chi connectivity index (χ0) is 20.8. The number of rotatable bonds is 8. The highest BCUT2D eigenvalue weighted by atomic mass is 16.5. The van der Waals surface area contributed by atoms with Gasteiger partial charge >= 0.3 is 5.97 Å². The van der Waals surface area contributed by atoms with Crippen molar-refractivity contribution in [1.29, 1.82) is 0 Å². The molecule has 9 heteroatoms. The first-order chi connectivity index (χ1) is 13.4. The summed E-state index contributed by atoms with van der Waals surface area (Å²) in [5.74, 6) is -0.708. The number of hydrogen-bond donors (Lipinski definition) is 6. The van der Waals surface area contributed by atoms with Crippen molar-refractivity contribution >= 4 is 12.2 Å². The Morgan fingerprint density at radius 1 is 1.18 bits per heavy atom. The molecule has 2 rings (SSSR count). The van der Waals surface area contributed by atoms with Gasteiger partial charge in [-0.1, -0.05) is 12.1 Å². The van der Waals surface area contributed by atoms with Crippen molar-refractivity contribution < 1.29 is 35.1 Å². The Morgan fingerprint density at radius 2 is 1.86 bits per heavy atom. The quantitative estimate of drug-likeness (QED) is 0.280. The first-order valence-corrected chi connectivity index (χ1v) is 8.54. The maximum atomic E-state index is 12.2. The third-order valence-corrected chi connectivity index (χ3v) is 4.46. The number of esters is 1. The van der Waals surface area contributed by atoms with Crippen LogP contribution in [0.5, 0.6) is 0 Å². The van der Waals surface area contributed by atoms with Crippen molar-refractivity contribution in [3.8, 4) is 11.1 Å². The van der Waals surface area contributed by atoms with Crippen LogP contribution in [0, 0.1) is 0 Å². The van der Waals surface area contributed by atoms with E-state index >= 15 is 0 Å². The largest absolute Gasteiger partial charge is 0.464 e. The molecule has 0 spiro atoms. The molecule has 152 valence electrons. The number of aliphatic imine (C=N–C) groups is 1. The predicted octanol–water partition coefficient (Wildman–Crippen LogP) is 0.367. The molecule has 0 aliphatic rings. The number of methoxy groups -OCH3 is 1. The van der Waals surface area contributed by atoms with Crippen molar-refractivity contribution in [3.05, 3.63) is 45.8 Å². The van der Waals surface area contributed by atoms with Crippen molar-refractivity contribution in [2.24, 2.45) is 4.99 Å². The van der Waals surface area contributed by atoms with Crippen molar-refractivity contribution in [3.63, 3.8) is 0 Å². The molecule has 0 aliphatic heterocycles. The second-order valence-electron chi connectivity index (χ2n) is 6.03. The average molecular weight is 392 g/mol. The lowest BCUT2D eigenvalue weighted by atomic mass is 9.89. The molecule has 6 N–H and O–H groups in total. The van der Waals surface area contributed by atoms with E-state index in [1.807, 2.05) is 0 Å². The van der Waals surface area contributed by atoms with Crippen LogP contribution >= 0.6 is 0 Å². The number of nitrogens with one attached hydrogen (secondary N) is 1. The molecule has 1 unspecified atom stereocenters. The molecule has 0 aliphatic carbocycles. The first kappa shape index (κ1) is 21.7. The highest BCUT2D eigenvalue weighted by molar-refractivity contribution is 5.99. The van der Waals surface area contributed by atoms with Gasteiger partial charge in [-0.15, -0.1) is 0 Å². The number of nitrogens with zero attached hydrogens (tertiary/aromatic N) is 1. The summed E-state index contributed by atoms with van der Waals surface area (Å²) in [6.07, 6.45) is 0.214. The van der Waals surface area contributed by atoms with Gasteiger partial charge in [-0.05, 0) is 29.2 Å². The number of benzene rings is 1. The molecule has 0 bridgehead atoms. The predicted molar refractivity (Wildman–Crippen MR) is 101 cm³/mol. The molecule has 9 nitrogen and oxygen atoms in total. The van der Waals surface area contributed by atoms with Crippen LogP contribution in [0.1, 0.15) is 51.5 Å². The number of H-pyrrole nitrogens is 1. The van der Waals surface area contributed by atoms with Crippen LogP contribution in [-0.2, 0) is 24.6 Å². The summed E-state index contributed by atoms with van der Waals surface area (Å²) in [6, 6.07) is 3.20. The minimum absolute atomic E-state index is 0.00700. The van der Waals surface area contributed by atoms with E-state index in [0.717, 1.165) is 0 Å². The number of carbonyl (C=O) groups excluding carboxylic acids is 1. The summed E-state index contributed by atoms with van der Waals surface area (Å²) >= 11 is 0. The number of aliphatic hydroxyl groups is 5. The van der Waals surface area contributed by atoms with E-state index in [1.54, 1.807) is 12.1 Å². The van der Waals surface area contributed by atoms with Gasteiger partial charge in [0.05, 0.1) is 38.7 Å². The Balaban J connectivity index is 2.92. The van der Waals surface area contributed by atoms with Gasteiger partial charge in [-0.25, -0.2) is 4.79 Å². The second-order valence-corrected chi connectivity index (χ2v) is 6.03. The maximum Gasteiger partial charge on any atom is 0.354 e. The minimum atomic E-state index is -1.08. The van der Waals surface area contributed by atoms with Gasteiger partial charge in [0.15, 0.2) is 0 Å². The summed E-state index contributed by atoms with van der Waals surface area (Å²) in [5.41, 5.74) is 2.48. The fourth-order valence-electron chi connectivity index (χ4n) is 3.24. The van der Waals surface area contributed by atoms with E-state index in [1.165, 1.54) is 20.2 Å². The lowest BCUT2D eigenvalue weighted by Crippen LogP contribution is -2.08. The summed E-state index contributed by atoms with van der Waals surface area (Å²) in [4.78, 5) is 18.8. The van der Waals surface area contributed by atoms with E-state index in [0.29, 0.717) is 33.5 Å². The third kappa shape index (κ3) is 3.98. The normalized spacial score (nSPS) is 12.5. The number of ether oxygens (including phenoxy) is 1. The molecule has 0 saturated carbocycles. The Kier molecular flexibility index (Phi) is 7.44. The Hall–Kier alpha value is -2.56. The van der Waals surface area contributed by atoms with Crippen LogP contribution in [0.3, 0.4) is 0 Å². The van der Waals surface area contributed by atoms with Crippen LogP contribution < -0.4 is 0 Å². The standard InChI is InChI=1S/C19H24N2O7/c1-10(26)16-17(15(5-20-9-25)21-18(16)19(27)28-2)12-4-3-11(6-22)13(7-23)14(12)8-24/h3-5,10,21-26H,6-9H2,1-2H3/b20-5+. The average Bonchev–Trinajstić information content (AvgIpc) is 3.09. The Morgan fingerprint density at radius 3 is 2.36 bits per heavy atom. The topological polar surface area (TPSA) is 156 Å². The van der Waals surface area contributed by atoms with Gasteiger partial charge in [0.25, 0.3) is 0 Å². The zero-order valence-corrected chi connectivity index (χ0v) is 15.6. The number of aromatic nitrogens is 1. The number of aromatic amines is 1. The van der Waals surface area contributed by atoms with Crippen molar-refractivity contribution in [2.75, 3.05) is 13.8 Å². The van der Waals surface area contributed by atoms with Gasteiger partial charge in [0.2, 0.25) is 0 Å². The molecule has 0 fully saturated rings. The summed E-state index contributed by atoms with van der Waals surface area (Å²) in [5, 5.41) is 48.6. The lowest BCUT2D eigenvalue weighted by molar-refractivity contribution is 0.0588. The van der Waals surface area contributed by atoms with Crippen molar-refractivity contribution in [1.82, 2.24) is 4.98 Å². The van der Waals surface area contributed by atoms with Crippen LogP contribution in [0.4, 0.5) is 0 Å². The lowest BCUT2D eigenvalue weighted by Gasteiger charge is -2.17. The summed E-state index contributed by atoms with van der Waals surface area (Å²) in [7, 11) is 1.20. The van der Waals surface area contributed by atoms with E-state index in [4.69, 9.17) is 9.84 Å². The van der Waals surface area contributed by atoms with Crippen LogP contribution in [-0.4, -0.2) is 56.5 Å². The van der Waals surface area contributed by atoms with E-state index in [-0.39, 0.29) is 17.9 Å². The van der Waals surface area contributed by atoms with Gasteiger partial charge in [0.1, 0.15) is 12.4 Å². The first-order valence-electron chi connectivity index (χ1n) is 8.54. The van der Waals surface area contributed by atoms with Crippen LogP contribution in [0.15, 0.2) is 17.1 Å². The number of aliphatic hydroxyl groups excluding tert-OH is 5. The fraction of sp³-hybridized carbons (Fsp3) is 0.368. The number of hydrogen-bond acceptors (Lipinski definition) is 8. The Labute approximate surface area is 161 Å². The van der Waals surface area contributed by atoms with E-state index in [9.17, 15) is 25.2 Å². The molecular weight excluding hydrogens is 368 g/mol. The van der Waals surface area contributed by atoms with Crippen LogP contribution in [0.2, 0.25) is 0 Å². The van der Waals surface area contributed by atoms with Gasteiger partial charge in [0, 0.05) is 17.3 Å². The molecule has 1 aromatic carbocycles. The van der Waals surface area contributed by atoms with Gasteiger partial charge in [-0.2, -0.15) is 0 Å². The maximum absolute atomic E-state index is 12.2. The zero-order valence-electron chi connectivity index (χ0n) is 15.6. The molecule has 28 heavy (non-hydrogen) atoms. The third-order valence-electron chi connectivity index (χ3n) is 4.46. The number of carbonyl (C=O) groups is 1. The summed E-state index contributed by atoms with van der Waals surface area (Å²) in [6.45, 7) is -0.217. The SMILES string of the molecule is COC(=O)c1[nH]c(/C=N/CO)c(-c2ccc(CO)c(CO)c2CO)c1C(C)O. The van der Waals surface area contributed by atoms with Crippen LogP contribution in [0.25, 0.3) is 11.1 Å². The molecule has 0 saturated heterocycles. The molecule has 0 radical (unpaired) electrons. The molecule has 1 atom stereocenters. The van der Waals surface area contributed by atoms with E-state index < -0.39 is 32.0 Å². The fourth-order valence-corrected chi connectivity index (χ4v) is 3.24. The Bertz CT molecular complexity index is 872. The molecule has 0 amide bonds. The smallest absolute Gasteiger partial charge is 0.354 e. The summed E-state index contributed by atoms with van der Waals surface area (Å²) < 4.78 is 4.78. The highest BCUT2D eigenvalue weighted by Gasteiger charge is 2.28. The van der Waals surface area contributed by atoms with Gasteiger partial charge in [-0.3, -0.25) is 4.99 Å². The van der Waals surface area contributed by atoms with Crippen molar-refractivity contribution in [2.45, 2.75) is 32.8 Å². The van der Waals surface area contributed by atoms with Gasteiger partial charge < -0.3 is 35.3 Å². The highest BCUT2D eigenvalue weighted by Crippen LogP contribution is 2.38.